The standard InChI is InChI=1S/C17H18BrClN2O/c1-11-3-5-14(19)10-16(11)21-17(22)7-8-20-15-6-4-13(18)9-12(15)2/h3-6,9-10,20H,7-8H2,1-2H3,(H,21,22). The molecule has 2 aromatic carbocycles. The molecule has 0 saturated carbocycles. The fraction of sp³-hybridized carbons (Fsp3) is 0.235. The number of rotatable bonds is 5. The van der Waals surface area contributed by atoms with Gasteiger partial charge >= 0.3 is 0 Å². The number of nitrogens with one attached hydrogen (secondary N) is 2. The summed E-state index contributed by atoms with van der Waals surface area (Å²) in [5.74, 6) is -0.0346. The summed E-state index contributed by atoms with van der Waals surface area (Å²) in [6.07, 6.45) is 0.390. The zero-order valence-corrected chi connectivity index (χ0v) is 14.9. The van der Waals surface area contributed by atoms with Gasteiger partial charge in [-0.25, -0.2) is 0 Å². The third-order valence-electron chi connectivity index (χ3n) is 3.33. The number of benzene rings is 2. The Kier molecular flexibility index (Phi) is 5.86. The molecule has 0 unspecified atom stereocenters. The minimum Gasteiger partial charge on any atom is -0.384 e. The molecule has 22 heavy (non-hydrogen) atoms. The van der Waals surface area contributed by atoms with E-state index in [1.165, 1.54) is 0 Å². The SMILES string of the molecule is Cc1cc(Br)ccc1NCCC(=O)Nc1cc(Cl)ccc1C. The molecule has 2 rings (SSSR count). The summed E-state index contributed by atoms with van der Waals surface area (Å²) >= 11 is 9.38. The summed E-state index contributed by atoms with van der Waals surface area (Å²) in [6.45, 7) is 4.55. The summed E-state index contributed by atoms with van der Waals surface area (Å²) in [7, 11) is 0. The summed E-state index contributed by atoms with van der Waals surface area (Å²) < 4.78 is 1.05. The van der Waals surface area contributed by atoms with Crippen LogP contribution >= 0.6 is 27.5 Å². The van der Waals surface area contributed by atoms with Gasteiger partial charge in [-0.1, -0.05) is 33.6 Å². The van der Waals surface area contributed by atoms with Crippen LogP contribution < -0.4 is 10.6 Å². The lowest BCUT2D eigenvalue weighted by molar-refractivity contribution is -0.115. The molecule has 0 atom stereocenters. The number of anilines is 2. The van der Waals surface area contributed by atoms with Crippen LogP contribution in [0.2, 0.25) is 5.02 Å². The third-order valence-corrected chi connectivity index (χ3v) is 4.06. The lowest BCUT2D eigenvalue weighted by Gasteiger charge is -2.11. The first kappa shape index (κ1) is 16.8. The molecule has 2 N–H and O–H groups in total. The highest BCUT2D eigenvalue weighted by Gasteiger charge is 2.06. The summed E-state index contributed by atoms with van der Waals surface area (Å²) in [4.78, 5) is 12.0. The molecule has 0 fully saturated rings. The monoisotopic (exact) mass is 380 g/mol. The van der Waals surface area contributed by atoms with E-state index in [1.54, 1.807) is 6.07 Å². The van der Waals surface area contributed by atoms with Gasteiger partial charge in [0.25, 0.3) is 0 Å². The second kappa shape index (κ2) is 7.65. The molecule has 3 nitrogen and oxygen atoms in total. The number of carbonyl (C=O) groups excluding carboxylic acids is 1. The Balaban J connectivity index is 1.86. The van der Waals surface area contributed by atoms with Crippen LogP contribution in [0.1, 0.15) is 17.5 Å². The number of amides is 1. The molecule has 0 heterocycles. The van der Waals surface area contributed by atoms with Crippen molar-refractivity contribution in [3.8, 4) is 0 Å². The fourth-order valence-corrected chi connectivity index (χ4v) is 2.73. The van der Waals surface area contributed by atoms with Gasteiger partial charge in [-0.15, -0.1) is 0 Å². The minimum atomic E-state index is -0.0346. The van der Waals surface area contributed by atoms with E-state index >= 15 is 0 Å². The van der Waals surface area contributed by atoms with Crippen LogP contribution in [0.5, 0.6) is 0 Å². The number of halogens is 2. The summed E-state index contributed by atoms with van der Waals surface area (Å²) in [6, 6.07) is 11.5. The first-order valence-corrected chi connectivity index (χ1v) is 8.19. The van der Waals surface area contributed by atoms with E-state index in [0.29, 0.717) is 18.0 Å². The topological polar surface area (TPSA) is 41.1 Å². The van der Waals surface area contributed by atoms with Crippen molar-refractivity contribution in [2.24, 2.45) is 0 Å². The van der Waals surface area contributed by atoms with Gasteiger partial charge in [-0.3, -0.25) is 4.79 Å². The third kappa shape index (κ3) is 4.75. The van der Waals surface area contributed by atoms with E-state index in [-0.39, 0.29) is 5.91 Å². The maximum Gasteiger partial charge on any atom is 0.226 e. The largest absolute Gasteiger partial charge is 0.384 e. The quantitative estimate of drug-likeness (QED) is 0.751. The first-order valence-electron chi connectivity index (χ1n) is 7.02. The Morgan fingerprint density at radius 2 is 1.86 bits per heavy atom. The van der Waals surface area contributed by atoms with E-state index in [4.69, 9.17) is 11.6 Å². The Morgan fingerprint density at radius 3 is 2.59 bits per heavy atom. The lowest BCUT2D eigenvalue weighted by Crippen LogP contribution is -2.17. The van der Waals surface area contributed by atoms with Crippen LogP contribution in [-0.4, -0.2) is 12.5 Å². The normalized spacial score (nSPS) is 10.4. The highest BCUT2D eigenvalue weighted by atomic mass is 79.9. The smallest absolute Gasteiger partial charge is 0.226 e. The zero-order chi connectivity index (χ0) is 16.1. The van der Waals surface area contributed by atoms with Crippen molar-refractivity contribution in [1.82, 2.24) is 0 Å². The minimum absolute atomic E-state index is 0.0346. The van der Waals surface area contributed by atoms with Crippen LogP contribution in [0.4, 0.5) is 11.4 Å². The molecular formula is C17H18BrClN2O. The number of hydrogen-bond donors (Lipinski definition) is 2. The van der Waals surface area contributed by atoms with Crippen molar-refractivity contribution in [3.05, 3.63) is 57.0 Å². The molecule has 0 aliphatic carbocycles. The fourth-order valence-electron chi connectivity index (χ4n) is 2.08. The van der Waals surface area contributed by atoms with Crippen molar-refractivity contribution in [2.45, 2.75) is 20.3 Å². The molecular weight excluding hydrogens is 364 g/mol. The molecule has 0 aliphatic heterocycles. The molecule has 0 bridgehead atoms. The van der Waals surface area contributed by atoms with E-state index in [9.17, 15) is 4.79 Å². The van der Waals surface area contributed by atoms with Crippen molar-refractivity contribution in [1.29, 1.82) is 0 Å². The molecule has 0 saturated heterocycles. The summed E-state index contributed by atoms with van der Waals surface area (Å²) in [5.41, 5.74) is 3.93. The Hall–Kier alpha value is -1.52. The first-order chi connectivity index (χ1) is 10.5. The molecule has 0 spiro atoms. The maximum atomic E-state index is 12.0. The maximum absolute atomic E-state index is 12.0. The number of hydrogen-bond acceptors (Lipinski definition) is 2. The number of carbonyl (C=O) groups is 1. The lowest BCUT2D eigenvalue weighted by atomic mass is 10.2. The van der Waals surface area contributed by atoms with Crippen molar-refractivity contribution >= 4 is 44.8 Å². The van der Waals surface area contributed by atoms with E-state index in [1.807, 2.05) is 44.2 Å². The average molecular weight is 382 g/mol. The number of aryl methyl sites for hydroxylation is 2. The average Bonchev–Trinajstić information content (AvgIpc) is 2.45. The van der Waals surface area contributed by atoms with Crippen LogP contribution in [0.15, 0.2) is 40.9 Å². The van der Waals surface area contributed by atoms with Gasteiger partial charge < -0.3 is 10.6 Å². The molecule has 5 heteroatoms. The molecule has 0 aromatic heterocycles. The van der Waals surface area contributed by atoms with Gasteiger partial charge in [0.2, 0.25) is 5.91 Å². The van der Waals surface area contributed by atoms with E-state index in [2.05, 4.69) is 26.6 Å². The van der Waals surface area contributed by atoms with Crippen LogP contribution in [0.3, 0.4) is 0 Å². The van der Waals surface area contributed by atoms with Gasteiger partial charge in [0, 0.05) is 33.8 Å². The highest BCUT2D eigenvalue weighted by molar-refractivity contribution is 9.10. The van der Waals surface area contributed by atoms with Crippen molar-refractivity contribution in [3.63, 3.8) is 0 Å². The van der Waals surface area contributed by atoms with Gasteiger partial charge in [0.15, 0.2) is 0 Å². The predicted molar refractivity (Wildman–Crippen MR) is 96.8 cm³/mol. The van der Waals surface area contributed by atoms with Gasteiger partial charge in [-0.05, 0) is 55.3 Å². The van der Waals surface area contributed by atoms with Gasteiger partial charge in [-0.2, -0.15) is 0 Å². The van der Waals surface area contributed by atoms with Crippen LogP contribution in [0, 0.1) is 13.8 Å². The van der Waals surface area contributed by atoms with Crippen LogP contribution in [-0.2, 0) is 4.79 Å². The van der Waals surface area contributed by atoms with Crippen molar-refractivity contribution in [2.75, 3.05) is 17.2 Å². The van der Waals surface area contributed by atoms with E-state index in [0.717, 1.165) is 27.0 Å². The molecule has 0 aliphatic rings. The molecule has 2 aromatic rings. The molecule has 1 amide bonds. The van der Waals surface area contributed by atoms with Gasteiger partial charge in [0.05, 0.1) is 0 Å². The van der Waals surface area contributed by atoms with Crippen LogP contribution in [0.25, 0.3) is 0 Å². The Bertz CT molecular complexity index is 688. The van der Waals surface area contributed by atoms with E-state index < -0.39 is 0 Å². The summed E-state index contributed by atoms with van der Waals surface area (Å²) in [5, 5.41) is 6.78. The Labute approximate surface area is 144 Å². The second-order valence-electron chi connectivity index (χ2n) is 5.14. The van der Waals surface area contributed by atoms with Crippen molar-refractivity contribution < 1.29 is 4.79 Å². The molecule has 0 radical (unpaired) electrons. The Morgan fingerprint density at radius 1 is 1.09 bits per heavy atom. The zero-order valence-electron chi connectivity index (χ0n) is 12.5. The second-order valence-corrected chi connectivity index (χ2v) is 6.50. The predicted octanol–water partition coefficient (Wildman–Crippen LogP) is 5.16. The molecule has 116 valence electrons. The highest BCUT2D eigenvalue weighted by Crippen LogP contribution is 2.21. The van der Waals surface area contributed by atoms with Gasteiger partial charge in [0.1, 0.15) is 0 Å².